The summed E-state index contributed by atoms with van der Waals surface area (Å²) in [5, 5.41) is 6.66. The lowest BCUT2D eigenvalue weighted by atomic mass is 10.1. The van der Waals surface area contributed by atoms with Gasteiger partial charge >= 0.3 is 0 Å². The smallest absolute Gasteiger partial charge is 0.191 e. The molecule has 0 radical (unpaired) electrons. The highest BCUT2D eigenvalue weighted by atomic mass is 127. The van der Waals surface area contributed by atoms with Crippen molar-refractivity contribution in [2.75, 3.05) is 26.2 Å². The zero-order chi connectivity index (χ0) is 17.7. The molecule has 0 unspecified atom stereocenters. The molecule has 1 heterocycles. The van der Waals surface area contributed by atoms with E-state index in [0.717, 1.165) is 44.2 Å². The molecule has 0 saturated heterocycles. The summed E-state index contributed by atoms with van der Waals surface area (Å²) >= 11 is 0. The van der Waals surface area contributed by atoms with Crippen LogP contribution in [-0.2, 0) is 17.8 Å². The lowest BCUT2D eigenvalue weighted by molar-refractivity contribution is 0.105. The van der Waals surface area contributed by atoms with Gasteiger partial charge in [-0.15, -0.1) is 24.0 Å². The average Bonchev–Trinajstić information content (AvgIpc) is 3.11. The van der Waals surface area contributed by atoms with E-state index in [0.29, 0.717) is 13.2 Å². The van der Waals surface area contributed by atoms with E-state index in [2.05, 4.69) is 53.7 Å². The molecular formula is C20H30IN3O2. The molecule has 1 aromatic heterocycles. The van der Waals surface area contributed by atoms with Crippen LogP contribution in [0.25, 0.3) is 0 Å². The summed E-state index contributed by atoms with van der Waals surface area (Å²) in [5.41, 5.74) is 2.64. The molecule has 2 aromatic rings. The van der Waals surface area contributed by atoms with Crippen LogP contribution in [0.4, 0.5) is 0 Å². The molecule has 0 saturated carbocycles. The van der Waals surface area contributed by atoms with Crippen molar-refractivity contribution in [2.45, 2.75) is 33.3 Å². The second-order valence-electron chi connectivity index (χ2n) is 5.91. The molecule has 0 aliphatic rings. The first kappa shape index (κ1) is 22.5. The van der Waals surface area contributed by atoms with Crippen molar-refractivity contribution in [2.24, 2.45) is 4.99 Å². The summed E-state index contributed by atoms with van der Waals surface area (Å²) in [6.45, 7) is 7.84. The normalized spacial score (nSPS) is 11.1. The van der Waals surface area contributed by atoms with Crippen molar-refractivity contribution in [3.05, 3.63) is 59.5 Å². The minimum atomic E-state index is 0. The number of rotatable bonds is 10. The molecule has 2 N–H and O–H groups in total. The van der Waals surface area contributed by atoms with Crippen LogP contribution in [-0.4, -0.2) is 32.2 Å². The van der Waals surface area contributed by atoms with Crippen molar-refractivity contribution >= 4 is 29.9 Å². The predicted molar refractivity (Wildman–Crippen MR) is 117 cm³/mol. The van der Waals surface area contributed by atoms with Crippen LogP contribution in [0.2, 0.25) is 0 Å². The highest BCUT2D eigenvalue weighted by Gasteiger charge is 1.99. The fraction of sp³-hybridized carbons (Fsp3) is 0.450. The fourth-order valence-electron chi connectivity index (χ4n) is 2.46. The number of furan rings is 1. The van der Waals surface area contributed by atoms with Crippen LogP contribution in [0.15, 0.2) is 52.1 Å². The topological polar surface area (TPSA) is 58.8 Å². The Morgan fingerprint density at radius 3 is 2.81 bits per heavy atom. The molecule has 0 amide bonds. The Morgan fingerprint density at radius 1 is 1.19 bits per heavy atom. The number of hydrogen-bond acceptors (Lipinski definition) is 3. The standard InChI is InChI=1S/C20H29N3O2.HI/c1-3-21-20(23-12-10-18-8-4-7-17(2)15-18)22-11-6-13-24-16-19-9-5-14-25-19;/h4-5,7-9,14-15H,3,6,10-13,16H2,1-2H3,(H2,21,22,23);1H. The van der Waals surface area contributed by atoms with Crippen LogP contribution >= 0.6 is 24.0 Å². The van der Waals surface area contributed by atoms with E-state index in [-0.39, 0.29) is 24.0 Å². The summed E-state index contributed by atoms with van der Waals surface area (Å²) in [4.78, 5) is 4.59. The number of hydrogen-bond donors (Lipinski definition) is 2. The van der Waals surface area contributed by atoms with Gasteiger partial charge in [-0.25, -0.2) is 0 Å². The van der Waals surface area contributed by atoms with Gasteiger partial charge < -0.3 is 19.8 Å². The van der Waals surface area contributed by atoms with Gasteiger partial charge in [0.25, 0.3) is 0 Å². The summed E-state index contributed by atoms with van der Waals surface area (Å²) in [6.07, 6.45) is 3.53. The molecule has 6 heteroatoms. The van der Waals surface area contributed by atoms with E-state index >= 15 is 0 Å². The molecule has 5 nitrogen and oxygen atoms in total. The van der Waals surface area contributed by atoms with Crippen molar-refractivity contribution in [1.29, 1.82) is 0 Å². The highest BCUT2D eigenvalue weighted by molar-refractivity contribution is 14.0. The Balaban J connectivity index is 0.00000338. The Morgan fingerprint density at radius 2 is 2.08 bits per heavy atom. The molecule has 0 fully saturated rings. The molecule has 0 bridgehead atoms. The van der Waals surface area contributed by atoms with E-state index < -0.39 is 0 Å². The van der Waals surface area contributed by atoms with Crippen LogP contribution in [0.3, 0.4) is 0 Å². The molecule has 0 aliphatic carbocycles. The maximum atomic E-state index is 5.57. The fourth-order valence-corrected chi connectivity index (χ4v) is 2.46. The van der Waals surface area contributed by atoms with Crippen molar-refractivity contribution in [1.82, 2.24) is 10.6 Å². The van der Waals surface area contributed by atoms with Gasteiger partial charge in [0.1, 0.15) is 12.4 Å². The zero-order valence-corrected chi connectivity index (χ0v) is 18.0. The number of nitrogens with one attached hydrogen (secondary N) is 2. The molecule has 0 aliphatic heterocycles. The van der Waals surface area contributed by atoms with Gasteiger partial charge in [0, 0.05) is 26.2 Å². The van der Waals surface area contributed by atoms with Gasteiger partial charge in [-0.05, 0) is 44.4 Å². The van der Waals surface area contributed by atoms with Crippen LogP contribution in [0.1, 0.15) is 30.2 Å². The molecule has 0 atom stereocenters. The van der Waals surface area contributed by atoms with Gasteiger partial charge in [0.2, 0.25) is 0 Å². The molecule has 0 spiro atoms. The van der Waals surface area contributed by atoms with Gasteiger partial charge in [-0.3, -0.25) is 4.99 Å². The predicted octanol–water partition coefficient (Wildman–Crippen LogP) is 3.91. The highest BCUT2D eigenvalue weighted by Crippen LogP contribution is 2.04. The maximum absolute atomic E-state index is 5.57. The first-order valence-corrected chi connectivity index (χ1v) is 8.96. The Bertz CT molecular complexity index is 630. The van der Waals surface area contributed by atoms with Gasteiger partial charge in [0.05, 0.1) is 6.26 Å². The lowest BCUT2D eigenvalue weighted by Gasteiger charge is -2.11. The monoisotopic (exact) mass is 471 g/mol. The third kappa shape index (κ3) is 9.24. The Hall–Kier alpha value is -1.54. The summed E-state index contributed by atoms with van der Waals surface area (Å²) in [6, 6.07) is 12.4. The summed E-state index contributed by atoms with van der Waals surface area (Å²) in [7, 11) is 0. The van der Waals surface area contributed by atoms with Gasteiger partial charge in [-0.2, -0.15) is 0 Å². The number of guanidine groups is 1. The zero-order valence-electron chi connectivity index (χ0n) is 15.7. The summed E-state index contributed by atoms with van der Waals surface area (Å²) in [5.74, 6) is 1.72. The first-order chi connectivity index (χ1) is 12.3. The second-order valence-corrected chi connectivity index (χ2v) is 5.91. The van der Waals surface area contributed by atoms with E-state index in [1.54, 1.807) is 6.26 Å². The van der Waals surface area contributed by atoms with E-state index in [9.17, 15) is 0 Å². The number of aryl methyl sites for hydroxylation is 1. The SMILES string of the molecule is CCNC(=NCCCOCc1ccco1)NCCc1cccc(C)c1.I. The van der Waals surface area contributed by atoms with Crippen LogP contribution in [0, 0.1) is 6.92 Å². The third-order valence-corrected chi connectivity index (χ3v) is 3.67. The van der Waals surface area contributed by atoms with Crippen molar-refractivity contribution in [3.8, 4) is 0 Å². The number of halogens is 1. The van der Waals surface area contributed by atoms with Crippen LogP contribution < -0.4 is 10.6 Å². The lowest BCUT2D eigenvalue weighted by Crippen LogP contribution is -2.38. The quantitative estimate of drug-likeness (QED) is 0.239. The van der Waals surface area contributed by atoms with Crippen LogP contribution in [0.5, 0.6) is 0 Å². The molecule has 144 valence electrons. The number of aliphatic imine (C=N–C) groups is 1. The maximum Gasteiger partial charge on any atom is 0.191 e. The average molecular weight is 471 g/mol. The van der Waals surface area contributed by atoms with Crippen molar-refractivity contribution in [3.63, 3.8) is 0 Å². The molecule has 2 rings (SSSR count). The Kier molecular flexibility index (Phi) is 11.8. The van der Waals surface area contributed by atoms with E-state index in [4.69, 9.17) is 9.15 Å². The van der Waals surface area contributed by atoms with E-state index in [1.165, 1.54) is 11.1 Å². The van der Waals surface area contributed by atoms with Gasteiger partial charge in [0.15, 0.2) is 5.96 Å². The first-order valence-electron chi connectivity index (χ1n) is 8.96. The molecule has 1 aromatic carbocycles. The van der Waals surface area contributed by atoms with E-state index in [1.807, 2.05) is 12.1 Å². The second kappa shape index (κ2) is 13.6. The number of ether oxygens (including phenoxy) is 1. The molecular weight excluding hydrogens is 441 g/mol. The minimum absolute atomic E-state index is 0. The number of nitrogens with zero attached hydrogens (tertiary/aromatic N) is 1. The minimum Gasteiger partial charge on any atom is -0.467 e. The van der Waals surface area contributed by atoms with Gasteiger partial charge in [-0.1, -0.05) is 29.8 Å². The molecule has 26 heavy (non-hydrogen) atoms. The summed E-state index contributed by atoms with van der Waals surface area (Å²) < 4.78 is 10.8. The largest absolute Gasteiger partial charge is 0.467 e. The third-order valence-electron chi connectivity index (χ3n) is 3.67. The number of benzene rings is 1. The van der Waals surface area contributed by atoms with Crippen molar-refractivity contribution < 1.29 is 9.15 Å². The Labute approximate surface area is 173 Å².